The molecule has 1 fully saturated rings. The Morgan fingerprint density at radius 1 is 1.06 bits per heavy atom. The molecule has 0 radical (unpaired) electrons. The minimum atomic E-state index is -0.462. The molecular formula is C26H30N4O3. The van der Waals surface area contributed by atoms with Crippen LogP contribution in [0.2, 0.25) is 0 Å². The number of aromatic nitrogens is 2. The van der Waals surface area contributed by atoms with Crippen molar-refractivity contribution in [2.24, 2.45) is 0 Å². The highest BCUT2D eigenvalue weighted by molar-refractivity contribution is 5.94. The van der Waals surface area contributed by atoms with Gasteiger partial charge in [0.15, 0.2) is 0 Å². The third-order valence-electron chi connectivity index (χ3n) is 6.54. The number of hydrogen-bond donors (Lipinski definition) is 0. The van der Waals surface area contributed by atoms with Crippen molar-refractivity contribution in [3.8, 4) is 22.8 Å². The van der Waals surface area contributed by atoms with Gasteiger partial charge < -0.3 is 14.4 Å². The molecule has 0 bridgehead atoms. The van der Waals surface area contributed by atoms with E-state index < -0.39 is 5.60 Å². The molecule has 2 aromatic carbocycles. The quantitative estimate of drug-likeness (QED) is 0.599. The molecule has 2 aliphatic rings. The van der Waals surface area contributed by atoms with Crippen LogP contribution in [0.25, 0.3) is 11.3 Å². The molecule has 0 spiro atoms. The van der Waals surface area contributed by atoms with E-state index in [-0.39, 0.29) is 5.91 Å². The smallest absolute Gasteiger partial charge is 0.253 e. The van der Waals surface area contributed by atoms with Crippen molar-refractivity contribution >= 4 is 5.91 Å². The maximum absolute atomic E-state index is 12.7. The number of carbonyl (C=O) groups is 1. The number of carbonyl (C=O) groups excluding carboxylic acids is 1. The number of hydrogen-bond acceptors (Lipinski definition) is 5. The predicted molar refractivity (Wildman–Crippen MR) is 127 cm³/mol. The fraction of sp³-hybridized carbons (Fsp3) is 0.385. The molecule has 1 aromatic heterocycles. The van der Waals surface area contributed by atoms with E-state index in [4.69, 9.17) is 14.6 Å². The molecule has 7 nitrogen and oxygen atoms in total. The SMILES string of the molecule is COc1ccc2c(c1)OC(C)(C)c1cn(CCN3CCN(C(=O)c4ccccc4)CC3)nc1-2. The molecule has 3 aromatic rings. The van der Waals surface area contributed by atoms with Gasteiger partial charge in [-0.2, -0.15) is 5.10 Å². The normalized spacial score (nSPS) is 17.1. The second-order valence-corrected chi connectivity index (χ2v) is 9.13. The lowest BCUT2D eigenvalue weighted by atomic mass is 9.92. The maximum atomic E-state index is 12.7. The number of piperazine rings is 1. The van der Waals surface area contributed by atoms with Crippen molar-refractivity contribution in [1.29, 1.82) is 0 Å². The van der Waals surface area contributed by atoms with E-state index in [2.05, 4.69) is 24.9 Å². The summed E-state index contributed by atoms with van der Waals surface area (Å²) in [6, 6.07) is 15.4. The predicted octanol–water partition coefficient (Wildman–Crippen LogP) is 3.64. The zero-order valence-corrected chi connectivity index (χ0v) is 19.5. The molecule has 2 aliphatic heterocycles. The van der Waals surface area contributed by atoms with Gasteiger partial charge in [0, 0.05) is 61.7 Å². The van der Waals surface area contributed by atoms with Crippen molar-refractivity contribution in [2.75, 3.05) is 39.8 Å². The molecular weight excluding hydrogens is 416 g/mol. The number of nitrogens with zero attached hydrogens (tertiary/aromatic N) is 4. The maximum Gasteiger partial charge on any atom is 0.253 e. The molecule has 3 heterocycles. The highest BCUT2D eigenvalue weighted by atomic mass is 16.5. The number of methoxy groups -OCH3 is 1. The summed E-state index contributed by atoms with van der Waals surface area (Å²) in [5, 5.41) is 4.92. The summed E-state index contributed by atoms with van der Waals surface area (Å²) in [6.07, 6.45) is 2.11. The van der Waals surface area contributed by atoms with Gasteiger partial charge in [-0.25, -0.2) is 0 Å². The minimum Gasteiger partial charge on any atom is -0.497 e. The Morgan fingerprint density at radius 2 is 1.82 bits per heavy atom. The number of rotatable bonds is 5. The van der Waals surface area contributed by atoms with Gasteiger partial charge in [-0.05, 0) is 38.1 Å². The van der Waals surface area contributed by atoms with Gasteiger partial charge in [-0.15, -0.1) is 0 Å². The molecule has 0 unspecified atom stereocenters. The zero-order valence-electron chi connectivity index (χ0n) is 19.5. The number of benzene rings is 2. The van der Waals surface area contributed by atoms with Gasteiger partial charge in [0.25, 0.3) is 5.91 Å². The van der Waals surface area contributed by atoms with Gasteiger partial charge in [0.05, 0.1) is 13.7 Å². The van der Waals surface area contributed by atoms with Gasteiger partial charge in [-0.3, -0.25) is 14.4 Å². The first-order chi connectivity index (χ1) is 15.9. The second-order valence-electron chi connectivity index (χ2n) is 9.13. The van der Waals surface area contributed by atoms with E-state index >= 15 is 0 Å². The van der Waals surface area contributed by atoms with Crippen molar-refractivity contribution in [3.63, 3.8) is 0 Å². The van der Waals surface area contributed by atoms with Crippen LogP contribution in [0.5, 0.6) is 11.5 Å². The van der Waals surface area contributed by atoms with Crippen LogP contribution in [0.1, 0.15) is 29.8 Å². The summed E-state index contributed by atoms with van der Waals surface area (Å²) in [6.45, 7) is 9.07. The fourth-order valence-electron chi connectivity index (χ4n) is 4.60. The molecule has 5 rings (SSSR count). The molecule has 33 heavy (non-hydrogen) atoms. The first-order valence-electron chi connectivity index (χ1n) is 11.5. The van der Waals surface area contributed by atoms with Crippen LogP contribution in [0.3, 0.4) is 0 Å². The Kier molecular flexibility index (Phi) is 5.58. The molecule has 1 saturated heterocycles. The molecule has 1 amide bonds. The number of ether oxygens (including phenoxy) is 2. The van der Waals surface area contributed by atoms with Crippen molar-refractivity contribution in [3.05, 3.63) is 65.9 Å². The van der Waals surface area contributed by atoms with Crippen molar-refractivity contribution < 1.29 is 14.3 Å². The summed E-state index contributed by atoms with van der Waals surface area (Å²) in [4.78, 5) is 17.0. The Hall–Kier alpha value is -3.32. The topological polar surface area (TPSA) is 59.8 Å². The molecule has 0 aliphatic carbocycles. The van der Waals surface area contributed by atoms with Crippen LogP contribution in [-0.2, 0) is 12.1 Å². The van der Waals surface area contributed by atoms with Crippen LogP contribution >= 0.6 is 0 Å². The lowest BCUT2D eigenvalue weighted by molar-refractivity contribution is 0.0632. The van der Waals surface area contributed by atoms with Gasteiger partial charge in [0.1, 0.15) is 22.8 Å². The minimum absolute atomic E-state index is 0.118. The van der Waals surface area contributed by atoms with Crippen molar-refractivity contribution in [2.45, 2.75) is 26.0 Å². The molecule has 172 valence electrons. The summed E-state index contributed by atoms with van der Waals surface area (Å²) in [7, 11) is 1.66. The number of amides is 1. The van der Waals surface area contributed by atoms with E-state index in [1.165, 1.54) is 0 Å². The van der Waals surface area contributed by atoms with E-state index in [1.807, 2.05) is 58.1 Å². The summed E-state index contributed by atoms with van der Waals surface area (Å²) in [5.74, 6) is 1.70. The second kappa shape index (κ2) is 8.56. The van der Waals surface area contributed by atoms with Crippen molar-refractivity contribution in [1.82, 2.24) is 19.6 Å². The third-order valence-corrected chi connectivity index (χ3v) is 6.54. The van der Waals surface area contributed by atoms with Crippen LogP contribution in [-0.4, -0.2) is 65.3 Å². The molecule has 0 atom stereocenters. The number of fused-ring (bicyclic) bond motifs is 3. The van der Waals surface area contributed by atoms with Crippen LogP contribution in [0.15, 0.2) is 54.7 Å². The average molecular weight is 447 g/mol. The summed E-state index contributed by atoms with van der Waals surface area (Å²) >= 11 is 0. The van der Waals surface area contributed by atoms with E-state index in [0.29, 0.717) is 0 Å². The molecule has 7 heteroatoms. The summed E-state index contributed by atoms with van der Waals surface area (Å²) in [5.41, 5.74) is 3.37. The van der Waals surface area contributed by atoms with Crippen LogP contribution < -0.4 is 9.47 Å². The van der Waals surface area contributed by atoms with E-state index in [9.17, 15) is 4.79 Å². The summed E-state index contributed by atoms with van der Waals surface area (Å²) < 4.78 is 13.7. The largest absolute Gasteiger partial charge is 0.497 e. The first-order valence-corrected chi connectivity index (χ1v) is 11.5. The lowest BCUT2D eigenvalue weighted by Gasteiger charge is -2.34. The van der Waals surface area contributed by atoms with Gasteiger partial charge in [-0.1, -0.05) is 18.2 Å². The van der Waals surface area contributed by atoms with Crippen LogP contribution in [0, 0.1) is 0 Å². The standard InChI is InChI=1S/C26H30N4O3/c1-26(2)22-18-30(27-24(22)21-10-9-20(32-3)17-23(21)33-26)16-13-28-11-14-29(15-12-28)25(31)19-7-5-4-6-8-19/h4-10,17-18H,11-16H2,1-3H3. The highest BCUT2D eigenvalue weighted by Crippen LogP contribution is 2.45. The molecule has 0 saturated carbocycles. The van der Waals surface area contributed by atoms with Gasteiger partial charge in [0.2, 0.25) is 0 Å². The Labute approximate surface area is 194 Å². The Balaban J connectivity index is 1.23. The Bertz CT molecular complexity index is 1150. The highest BCUT2D eigenvalue weighted by Gasteiger charge is 2.35. The molecule has 0 N–H and O–H groups in total. The van der Waals surface area contributed by atoms with Gasteiger partial charge >= 0.3 is 0 Å². The van der Waals surface area contributed by atoms with Crippen LogP contribution in [0.4, 0.5) is 0 Å². The lowest BCUT2D eigenvalue weighted by Crippen LogP contribution is -2.49. The first kappa shape index (κ1) is 21.5. The van der Waals surface area contributed by atoms with E-state index in [1.54, 1.807) is 7.11 Å². The third kappa shape index (κ3) is 4.20. The monoisotopic (exact) mass is 446 g/mol. The Morgan fingerprint density at radius 3 is 2.55 bits per heavy atom. The average Bonchev–Trinajstić information content (AvgIpc) is 3.28. The fourth-order valence-corrected chi connectivity index (χ4v) is 4.60. The van der Waals surface area contributed by atoms with E-state index in [0.717, 1.165) is 73.2 Å². The zero-order chi connectivity index (χ0) is 23.0.